The fourth-order valence-corrected chi connectivity index (χ4v) is 2.75. The zero-order valence-corrected chi connectivity index (χ0v) is 11.8. The lowest BCUT2D eigenvalue weighted by Gasteiger charge is -2.31. The highest BCUT2D eigenvalue weighted by Crippen LogP contribution is 2.30. The third kappa shape index (κ3) is 2.62. The number of carbonyl (C=O) groups is 2. The van der Waals surface area contributed by atoms with Crippen molar-refractivity contribution in [2.75, 3.05) is 6.54 Å². The van der Waals surface area contributed by atoms with E-state index in [1.807, 2.05) is 11.9 Å². The molecule has 1 saturated heterocycles. The van der Waals surface area contributed by atoms with Crippen LogP contribution in [0.25, 0.3) is 0 Å². The van der Waals surface area contributed by atoms with Crippen molar-refractivity contribution >= 4 is 11.8 Å². The summed E-state index contributed by atoms with van der Waals surface area (Å²) in [5.74, 6) is -0.610. The Morgan fingerprint density at radius 3 is 2.71 bits per heavy atom. The Morgan fingerprint density at radius 2 is 2.05 bits per heavy atom. The number of hydrogen-bond donors (Lipinski definition) is 2. The molecule has 2 aliphatic heterocycles. The van der Waals surface area contributed by atoms with Gasteiger partial charge in [0.05, 0.1) is 6.04 Å². The standard InChI is InChI=1S/C15H18N4O2/c1-10-2-4-11(5-3-10)12-8-13-15(21)18(9-14(16)20)6-7-19(13)17-12/h2-7,12-13,17H,8-9H2,1H3,(H2,16,20). The van der Waals surface area contributed by atoms with Crippen LogP contribution >= 0.6 is 0 Å². The number of primary amides is 1. The van der Waals surface area contributed by atoms with Crippen molar-refractivity contribution in [3.63, 3.8) is 0 Å². The Kier molecular flexibility index (Phi) is 3.39. The van der Waals surface area contributed by atoms with Crippen molar-refractivity contribution in [1.29, 1.82) is 0 Å². The van der Waals surface area contributed by atoms with Crippen molar-refractivity contribution in [3.05, 3.63) is 47.8 Å². The number of rotatable bonds is 3. The molecule has 0 bridgehead atoms. The second-order valence-electron chi connectivity index (χ2n) is 5.48. The zero-order chi connectivity index (χ0) is 15.0. The van der Waals surface area contributed by atoms with E-state index in [2.05, 4.69) is 29.7 Å². The molecule has 6 nitrogen and oxygen atoms in total. The van der Waals surface area contributed by atoms with E-state index in [1.165, 1.54) is 10.5 Å². The van der Waals surface area contributed by atoms with Crippen LogP contribution in [0, 0.1) is 6.92 Å². The number of hydrazine groups is 1. The van der Waals surface area contributed by atoms with Crippen LogP contribution < -0.4 is 11.2 Å². The number of hydrogen-bond acceptors (Lipinski definition) is 4. The maximum absolute atomic E-state index is 12.4. The van der Waals surface area contributed by atoms with Crippen LogP contribution in [0.2, 0.25) is 0 Å². The molecule has 110 valence electrons. The third-order valence-corrected chi connectivity index (χ3v) is 3.88. The molecule has 21 heavy (non-hydrogen) atoms. The second-order valence-corrected chi connectivity index (χ2v) is 5.48. The number of nitrogens with one attached hydrogen (secondary N) is 1. The van der Waals surface area contributed by atoms with Gasteiger partial charge >= 0.3 is 0 Å². The van der Waals surface area contributed by atoms with E-state index in [-0.39, 0.29) is 24.5 Å². The molecule has 6 heteroatoms. The van der Waals surface area contributed by atoms with Gasteiger partial charge in [-0.2, -0.15) is 0 Å². The van der Waals surface area contributed by atoms with E-state index in [4.69, 9.17) is 5.73 Å². The van der Waals surface area contributed by atoms with Gasteiger partial charge in [-0.1, -0.05) is 29.8 Å². The lowest BCUT2D eigenvalue weighted by atomic mass is 10.00. The minimum atomic E-state index is -0.512. The van der Waals surface area contributed by atoms with Gasteiger partial charge in [-0.3, -0.25) is 9.59 Å². The SMILES string of the molecule is Cc1ccc(C2CC3C(=O)N(CC(N)=O)C=CN3N2)cc1. The monoisotopic (exact) mass is 286 g/mol. The van der Waals surface area contributed by atoms with Crippen LogP contribution in [0.1, 0.15) is 23.6 Å². The van der Waals surface area contributed by atoms with Gasteiger partial charge in [0.2, 0.25) is 5.91 Å². The predicted octanol–water partition coefficient (Wildman–Crippen LogP) is 0.414. The van der Waals surface area contributed by atoms with Crippen LogP contribution in [0.4, 0.5) is 0 Å². The average molecular weight is 286 g/mol. The minimum Gasteiger partial charge on any atom is -0.368 e. The molecule has 1 aromatic carbocycles. The summed E-state index contributed by atoms with van der Waals surface area (Å²) < 4.78 is 0. The van der Waals surface area contributed by atoms with Gasteiger partial charge in [0.15, 0.2) is 0 Å². The number of aryl methyl sites for hydroxylation is 1. The molecule has 2 atom stereocenters. The maximum Gasteiger partial charge on any atom is 0.251 e. The number of amides is 2. The van der Waals surface area contributed by atoms with Crippen LogP contribution in [-0.2, 0) is 9.59 Å². The molecule has 3 N–H and O–H groups in total. The minimum absolute atomic E-state index is 0.0745. The summed E-state index contributed by atoms with van der Waals surface area (Å²) in [6, 6.07) is 8.07. The Morgan fingerprint density at radius 1 is 1.33 bits per heavy atom. The molecule has 0 aromatic heterocycles. The normalized spacial score (nSPS) is 24.3. The van der Waals surface area contributed by atoms with E-state index in [1.54, 1.807) is 12.4 Å². The fourth-order valence-electron chi connectivity index (χ4n) is 2.75. The molecule has 1 fully saturated rings. The van der Waals surface area contributed by atoms with E-state index in [0.29, 0.717) is 6.42 Å². The van der Waals surface area contributed by atoms with Crippen molar-refractivity contribution < 1.29 is 9.59 Å². The first-order valence-electron chi connectivity index (χ1n) is 6.93. The van der Waals surface area contributed by atoms with Gasteiger partial charge < -0.3 is 15.6 Å². The highest BCUT2D eigenvalue weighted by Gasteiger charge is 2.40. The van der Waals surface area contributed by atoms with Gasteiger partial charge in [0, 0.05) is 12.4 Å². The van der Waals surface area contributed by atoms with Crippen LogP contribution in [0.5, 0.6) is 0 Å². The summed E-state index contributed by atoms with van der Waals surface area (Å²) in [6.45, 7) is 1.97. The van der Waals surface area contributed by atoms with Gasteiger partial charge in [-0.15, -0.1) is 0 Å². The van der Waals surface area contributed by atoms with E-state index >= 15 is 0 Å². The topological polar surface area (TPSA) is 78.7 Å². The summed E-state index contributed by atoms with van der Waals surface area (Å²) in [4.78, 5) is 24.7. The average Bonchev–Trinajstić information content (AvgIpc) is 2.87. The van der Waals surface area contributed by atoms with Crippen LogP contribution in [0.3, 0.4) is 0 Å². The van der Waals surface area contributed by atoms with E-state index < -0.39 is 5.91 Å². The highest BCUT2D eigenvalue weighted by molar-refractivity contribution is 5.88. The van der Waals surface area contributed by atoms with Crippen LogP contribution in [-0.4, -0.2) is 34.3 Å². The van der Waals surface area contributed by atoms with Crippen molar-refractivity contribution in [2.45, 2.75) is 25.4 Å². The van der Waals surface area contributed by atoms with Gasteiger partial charge in [-0.05, 0) is 18.9 Å². The molecule has 0 radical (unpaired) electrons. The first-order chi connectivity index (χ1) is 10.0. The molecular weight excluding hydrogens is 268 g/mol. The predicted molar refractivity (Wildman–Crippen MR) is 77.3 cm³/mol. The Hall–Kier alpha value is -2.34. The van der Waals surface area contributed by atoms with Gasteiger partial charge in [0.1, 0.15) is 12.6 Å². The molecule has 0 spiro atoms. The van der Waals surface area contributed by atoms with Crippen molar-refractivity contribution in [2.24, 2.45) is 5.73 Å². The zero-order valence-electron chi connectivity index (χ0n) is 11.8. The van der Waals surface area contributed by atoms with Crippen LogP contribution in [0.15, 0.2) is 36.7 Å². The Bertz CT molecular complexity index is 596. The molecule has 2 unspecified atom stereocenters. The van der Waals surface area contributed by atoms with E-state index in [0.717, 1.165) is 5.56 Å². The summed E-state index contributed by atoms with van der Waals surface area (Å²) in [5, 5.41) is 1.81. The quantitative estimate of drug-likeness (QED) is 0.844. The summed E-state index contributed by atoms with van der Waals surface area (Å²) in [7, 11) is 0. The largest absolute Gasteiger partial charge is 0.368 e. The lowest BCUT2D eigenvalue weighted by molar-refractivity contribution is -0.137. The molecule has 1 aromatic rings. The summed E-state index contributed by atoms with van der Waals surface area (Å²) in [6.07, 6.45) is 4.04. The molecule has 3 rings (SSSR count). The van der Waals surface area contributed by atoms with Gasteiger partial charge in [-0.25, -0.2) is 5.43 Å². The number of fused-ring (bicyclic) bond motifs is 1. The molecular formula is C15H18N4O2. The van der Waals surface area contributed by atoms with Crippen molar-refractivity contribution in [1.82, 2.24) is 15.3 Å². The number of nitrogens with zero attached hydrogens (tertiary/aromatic N) is 2. The smallest absolute Gasteiger partial charge is 0.251 e. The summed E-state index contributed by atoms with van der Waals surface area (Å²) >= 11 is 0. The first kappa shape index (κ1) is 13.6. The summed E-state index contributed by atoms with van der Waals surface area (Å²) in [5.41, 5.74) is 10.8. The molecule has 2 amide bonds. The number of benzene rings is 1. The molecule has 2 heterocycles. The molecule has 0 aliphatic carbocycles. The number of nitrogens with two attached hydrogens (primary N) is 1. The number of carbonyl (C=O) groups excluding carboxylic acids is 2. The first-order valence-corrected chi connectivity index (χ1v) is 6.93. The Labute approximate surface area is 123 Å². The third-order valence-electron chi connectivity index (χ3n) is 3.88. The Balaban J connectivity index is 1.75. The fraction of sp³-hybridized carbons (Fsp3) is 0.333. The van der Waals surface area contributed by atoms with E-state index in [9.17, 15) is 9.59 Å². The lowest BCUT2D eigenvalue weighted by Crippen LogP contribution is -2.49. The maximum atomic E-state index is 12.4. The molecule has 0 saturated carbocycles. The van der Waals surface area contributed by atoms with Gasteiger partial charge in [0.25, 0.3) is 5.91 Å². The second kappa shape index (κ2) is 5.21. The highest BCUT2D eigenvalue weighted by atomic mass is 16.2. The van der Waals surface area contributed by atoms with Crippen molar-refractivity contribution in [3.8, 4) is 0 Å². The molecule has 2 aliphatic rings.